The number of piperazine rings is 1. The van der Waals surface area contributed by atoms with Crippen LogP contribution in [0.3, 0.4) is 0 Å². The number of carbonyl (C=O) groups excluding carboxylic acids is 1. The second kappa shape index (κ2) is 10.0. The molecule has 5 nitrogen and oxygen atoms in total. The second-order valence-corrected chi connectivity index (χ2v) is 5.68. The fraction of sp³-hybridized carbons (Fsp3) is 0.500. The van der Waals surface area contributed by atoms with Crippen molar-refractivity contribution in [2.75, 3.05) is 53.0 Å². The highest BCUT2D eigenvalue weighted by atomic mass is 16.5. The summed E-state index contributed by atoms with van der Waals surface area (Å²) in [6.07, 6.45) is 5.19. The van der Waals surface area contributed by atoms with Gasteiger partial charge in [0.2, 0.25) is 0 Å². The van der Waals surface area contributed by atoms with Gasteiger partial charge in [0.15, 0.2) is 0 Å². The van der Waals surface area contributed by atoms with Crippen LogP contribution in [-0.4, -0.2) is 68.8 Å². The minimum absolute atomic E-state index is 0.0422. The second-order valence-electron chi connectivity index (χ2n) is 5.68. The molecule has 0 spiro atoms. The number of carbonyl (C=O) groups is 1. The van der Waals surface area contributed by atoms with Crippen LogP contribution in [0.25, 0.3) is 6.08 Å². The lowest BCUT2D eigenvalue weighted by atomic mass is 10.2. The molecular formula is C18H27N3O2. The lowest BCUT2D eigenvalue weighted by Gasteiger charge is -2.34. The van der Waals surface area contributed by atoms with Crippen LogP contribution >= 0.6 is 0 Å². The first kappa shape index (κ1) is 17.5. The highest BCUT2D eigenvalue weighted by Gasteiger charge is 2.19. The topological polar surface area (TPSA) is 44.8 Å². The minimum Gasteiger partial charge on any atom is -0.385 e. The zero-order valence-corrected chi connectivity index (χ0v) is 13.9. The molecule has 0 atom stereocenters. The molecule has 1 aromatic carbocycles. The van der Waals surface area contributed by atoms with E-state index in [1.807, 2.05) is 23.1 Å². The third-order valence-electron chi connectivity index (χ3n) is 3.93. The first-order valence-electron chi connectivity index (χ1n) is 8.25. The Hall–Kier alpha value is -1.85. The summed E-state index contributed by atoms with van der Waals surface area (Å²) >= 11 is 0. The molecule has 1 heterocycles. The van der Waals surface area contributed by atoms with E-state index in [2.05, 4.69) is 34.5 Å². The lowest BCUT2D eigenvalue weighted by Crippen LogP contribution is -2.51. The van der Waals surface area contributed by atoms with E-state index in [1.165, 1.54) is 5.56 Å². The Morgan fingerprint density at radius 3 is 2.65 bits per heavy atom. The monoisotopic (exact) mass is 317 g/mol. The van der Waals surface area contributed by atoms with Gasteiger partial charge >= 0.3 is 6.03 Å². The van der Waals surface area contributed by atoms with Crippen molar-refractivity contribution >= 4 is 12.1 Å². The van der Waals surface area contributed by atoms with Crippen molar-refractivity contribution in [3.05, 3.63) is 42.0 Å². The fourth-order valence-electron chi connectivity index (χ4n) is 2.56. The average Bonchev–Trinajstić information content (AvgIpc) is 2.60. The smallest absolute Gasteiger partial charge is 0.317 e. The van der Waals surface area contributed by atoms with Gasteiger partial charge in [-0.1, -0.05) is 42.5 Å². The maximum Gasteiger partial charge on any atom is 0.317 e. The summed E-state index contributed by atoms with van der Waals surface area (Å²) in [5.41, 5.74) is 1.22. The summed E-state index contributed by atoms with van der Waals surface area (Å²) in [4.78, 5) is 16.3. The summed E-state index contributed by atoms with van der Waals surface area (Å²) in [5, 5.41) is 2.94. The highest BCUT2D eigenvalue weighted by Crippen LogP contribution is 2.04. The fourth-order valence-corrected chi connectivity index (χ4v) is 2.56. The van der Waals surface area contributed by atoms with Crippen molar-refractivity contribution in [1.82, 2.24) is 15.1 Å². The third kappa shape index (κ3) is 6.42. The number of hydrogen-bond donors (Lipinski definition) is 1. The van der Waals surface area contributed by atoms with Gasteiger partial charge < -0.3 is 15.0 Å². The van der Waals surface area contributed by atoms with E-state index in [0.717, 1.165) is 39.1 Å². The van der Waals surface area contributed by atoms with Crippen molar-refractivity contribution in [3.8, 4) is 0 Å². The van der Waals surface area contributed by atoms with Crippen molar-refractivity contribution in [3.63, 3.8) is 0 Å². The zero-order valence-electron chi connectivity index (χ0n) is 13.9. The number of ether oxygens (including phenoxy) is 1. The van der Waals surface area contributed by atoms with Crippen molar-refractivity contribution in [1.29, 1.82) is 0 Å². The van der Waals surface area contributed by atoms with E-state index in [1.54, 1.807) is 7.11 Å². The Bertz CT molecular complexity index is 482. The van der Waals surface area contributed by atoms with E-state index >= 15 is 0 Å². The molecule has 0 aromatic heterocycles. The summed E-state index contributed by atoms with van der Waals surface area (Å²) in [5.74, 6) is 0. The molecule has 5 heteroatoms. The maximum absolute atomic E-state index is 12.0. The van der Waals surface area contributed by atoms with E-state index in [4.69, 9.17) is 4.74 Å². The van der Waals surface area contributed by atoms with E-state index < -0.39 is 0 Å². The van der Waals surface area contributed by atoms with Crippen LogP contribution in [0.1, 0.15) is 12.0 Å². The summed E-state index contributed by atoms with van der Waals surface area (Å²) < 4.78 is 4.97. The number of nitrogens with one attached hydrogen (secondary N) is 1. The molecule has 0 bridgehead atoms. The quantitative estimate of drug-likeness (QED) is 0.783. The Morgan fingerprint density at radius 2 is 1.96 bits per heavy atom. The van der Waals surface area contributed by atoms with Gasteiger partial charge in [-0.3, -0.25) is 4.90 Å². The molecule has 1 fully saturated rings. The Balaban J connectivity index is 1.63. The third-order valence-corrected chi connectivity index (χ3v) is 3.93. The van der Waals surface area contributed by atoms with E-state index in [9.17, 15) is 4.79 Å². The van der Waals surface area contributed by atoms with Crippen LogP contribution in [0.15, 0.2) is 36.4 Å². The molecule has 2 amide bonds. The van der Waals surface area contributed by atoms with Gasteiger partial charge in [0.05, 0.1) is 0 Å². The van der Waals surface area contributed by atoms with Crippen LogP contribution in [-0.2, 0) is 4.74 Å². The predicted octanol–water partition coefficient (Wildman–Crippen LogP) is 2.06. The highest BCUT2D eigenvalue weighted by molar-refractivity contribution is 5.74. The number of amides is 2. The Kier molecular flexibility index (Phi) is 7.63. The van der Waals surface area contributed by atoms with Crippen LogP contribution in [0.5, 0.6) is 0 Å². The Morgan fingerprint density at radius 1 is 1.22 bits per heavy atom. The van der Waals surface area contributed by atoms with Crippen molar-refractivity contribution < 1.29 is 9.53 Å². The summed E-state index contributed by atoms with van der Waals surface area (Å²) in [7, 11) is 1.67. The standard InChI is InChI=1S/C18H27N3O2/c1-23-16-6-10-19-18(22)21-14-12-20(13-15-21)11-5-9-17-7-3-2-4-8-17/h2-5,7-9H,6,10-16H2,1H3,(H,19,22)/b9-5+. The molecule has 1 aliphatic rings. The van der Waals surface area contributed by atoms with E-state index in [-0.39, 0.29) is 6.03 Å². The molecule has 1 aromatic rings. The largest absolute Gasteiger partial charge is 0.385 e. The number of nitrogens with zero attached hydrogens (tertiary/aromatic N) is 2. The van der Waals surface area contributed by atoms with Crippen molar-refractivity contribution in [2.24, 2.45) is 0 Å². The van der Waals surface area contributed by atoms with Gasteiger partial charge in [0.25, 0.3) is 0 Å². The number of benzene rings is 1. The number of methoxy groups -OCH3 is 1. The summed E-state index contributed by atoms with van der Waals surface area (Å²) in [6, 6.07) is 10.4. The van der Waals surface area contributed by atoms with Gasteiger partial charge in [-0.15, -0.1) is 0 Å². The molecule has 0 saturated carbocycles. The zero-order chi connectivity index (χ0) is 16.3. The molecule has 0 unspecified atom stereocenters. The van der Waals surface area contributed by atoms with Crippen molar-refractivity contribution in [2.45, 2.75) is 6.42 Å². The number of hydrogen-bond acceptors (Lipinski definition) is 3. The molecule has 0 radical (unpaired) electrons. The SMILES string of the molecule is COCCCNC(=O)N1CCN(C/C=C/c2ccccc2)CC1. The number of urea groups is 1. The first-order valence-corrected chi connectivity index (χ1v) is 8.25. The lowest BCUT2D eigenvalue weighted by molar-refractivity contribution is 0.145. The minimum atomic E-state index is 0.0422. The van der Waals surface area contributed by atoms with E-state index in [0.29, 0.717) is 13.2 Å². The Labute approximate surface area is 138 Å². The predicted molar refractivity (Wildman–Crippen MR) is 93.4 cm³/mol. The molecule has 23 heavy (non-hydrogen) atoms. The van der Waals surface area contributed by atoms with Gasteiger partial charge in [-0.2, -0.15) is 0 Å². The molecule has 0 aliphatic carbocycles. The van der Waals surface area contributed by atoms with Crippen LogP contribution < -0.4 is 5.32 Å². The maximum atomic E-state index is 12.0. The molecular weight excluding hydrogens is 290 g/mol. The molecule has 1 saturated heterocycles. The normalized spacial score (nSPS) is 16.0. The first-order chi connectivity index (χ1) is 11.3. The van der Waals surface area contributed by atoms with Crippen LogP contribution in [0.2, 0.25) is 0 Å². The van der Waals surface area contributed by atoms with Crippen LogP contribution in [0, 0.1) is 0 Å². The average molecular weight is 317 g/mol. The molecule has 2 rings (SSSR count). The van der Waals surface area contributed by atoms with Gasteiger partial charge in [0.1, 0.15) is 0 Å². The van der Waals surface area contributed by atoms with Crippen LogP contribution in [0.4, 0.5) is 4.79 Å². The summed E-state index contributed by atoms with van der Waals surface area (Å²) in [6.45, 7) is 5.70. The van der Waals surface area contributed by atoms with Gasteiger partial charge in [0, 0.05) is 53.0 Å². The van der Waals surface area contributed by atoms with Gasteiger partial charge in [-0.25, -0.2) is 4.79 Å². The van der Waals surface area contributed by atoms with Gasteiger partial charge in [-0.05, 0) is 12.0 Å². The molecule has 1 aliphatic heterocycles. The molecule has 1 N–H and O–H groups in total. The number of rotatable bonds is 7. The molecule has 126 valence electrons.